The highest BCUT2D eigenvalue weighted by Crippen LogP contribution is 2.67. The molecule has 42 heavy (non-hydrogen) atoms. The highest BCUT2D eigenvalue weighted by atomic mass is 16.5. The van der Waals surface area contributed by atoms with E-state index in [0.717, 1.165) is 63.1 Å². The third-order valence-corrected chi connectivity index (χ3v) is 12.0. The minimum atomic E-state index is -1.66. The summed E-state index contributed by atoms with van der Waals surface area (Å²) in [5, 5.41) is 23.6. The third kappa shape index (κ3) is 4.88. The number of benzene rings is 1. The topological polar surface area (TPSA) is 107 Å². The first-order valence-corrected chi connectivity index (χ1v) is 15.8. The number of aliphatic hydroxyl groups is 2. The second-order valence-electron chi connectivity index (χ2n) is 14.3. The second-order valence-corrected chi connectivity index (χ2v) is 14.3. The number of Topliss-reactive ketones (excluding diaryl/α,β-unsaturated/α-hetero) is 1. The fourth-order valence-corrected chi connectivity index (χ4v) is 9.54. The van der Waals surface area contributed by atoms with Gasteiger partial charge in [0.05, 0.1) is 11.7 Å². The lowest BCUT2D eigenvalue weighted by Crippen LogP contribution is -2.62. The maximum Gasteiger partial charge on any atom is 0.338 e. The lowest BCUT2D eigenvalue weighted by Gasteiger charge is -2.60. The van der Waals surface area contributed by atoms with Gasteiger partial charge in [0.25, 0.3) is 0 Å². The van der Waals surface area contributed by atoms with E-state index in [1.807, 2.05) is 31.2 Å². The number of likely N-dealkylation sites (N-methyl/N-ethyl adjacent to an activating group) is 1. The number of esters is 1. The van der Waals surface area contributed by atoms with E-state index in [1.54, 1.807) is 6.07 Å². The van der Waals surface area contributed by atoms with Crippen LogP contribution in [0.4, 0.5) is 0 Å². The molecule has 0 aromatic heterocycles. The molecule has 1 aliphatic heterocycles. The number of rotatable bonds is 6. The second kappa shape index (κ2) is 11.0. The number of hydrogen-bond donors (Lipinski definition) is 2. The average molecular weight is 579 g/mol. The van der Waals surface area contributed by atoms with Gasteiger partial charge < -0.3 is 19.8 Å². The summed E-state index contributed by atoms with van der Waals surface area (Å²) in [4.78, 5) is 43.5. The van der Waals surface area contributed by atoms with Crippen molar-refractivity contribution < 1.29 is 29.3 Å². The first-order valence-electron chi connectivity index (χ1n) is 15.8. The molecule has 1 aromatic rings. The van der Waals surface area contributed by atoms with Crippen molar-refractivity contribution in [2.24, 2.45) is 28.6 Å². The SMILES string of the molecule is CN1CCN(Cc2cccc(C(=O)OCC(=O)[C@@]3(O)CC[C@H]4[C@@H]5CCC6=CC(=O)CC[C@]6(C)[C@H]5[C@@H](O)C[C@@]43C)c2)CC1. The molecule has 2 N–H and O–H groups in total. The van der Waals surface area contributed by atoms with Gasteiger partial charge in [0.15, 0.2) is 12.4 Å². The average Bonchev–Trinajstić information content (AvgIpc) is 3.23. The number of aliphatic hydroxyl groups excluding tert-OH is 1. The molecular weight excluding hydrogens is 532 g/mol. The molecule has 0 spiro atoms. The number of allylic oxidation sites excluding steroid dienone is 1. The Labute approximate surface area is 249 Å². The summed E-state index contributed by atoms with van der Waals surface area (Å²) >= 11 is 0. The molecule has 4 aliphatic carbocycles. The highest BCUT2D eigenvalue weighted by Gasteiger charge is 2.68. The number of fused-ring (bicyclic) bond motifs is 5. The van der Waals surface area contributed by atoms with Crippen LogP contribution in [0, 0.1) is 28.6 Å². The van der Waals surface area contributed by atoms with Gasteiger partial charge in [0.1, 0.15) is 5.60 Å². The zero-order chi connectivity index (χ0) is 29.9. The Morgan fingerprint density at radius 2 is 1.83 bits per heavy atom. The molecule has 1 heterocycles. The van der Waals surface area contributed by atoms with Gasteiger partial charge in [-0.2, -0.15) is 0 Å². The van der Waals surface area contributed by atoms with E-state index in [-0.39, 0.29) is 29.0 Å². The van der Waals surface area contributed by atoms with Gasteiger partial charge in [-0.15, -0.1) is 0 Å². The zero-order valence-electron chi connectivity index (χ0n) is 25.3. The number of carbonyl (C=O) groups excluding carboxylic acids is 3. The molecular formula is C34H46N2O6. The van der Waals surface area contributed by atoms with Gasteiger partial charge in [-0.05, 0) is 92.5 Å². The van der Waals surface area contributed by atoms with E-state index in [9.17, 15) is 24.6 Å². The largest absolute Gasteiger partial charge is 0.454 e. The van der Waals surface area contributed by atoms with Crippen LogP contribution in [0.25, 0.3) is 0 Å². The van der Waals surface area contributed by atoms with E-state index < -0.39 is 35.5 Å². The Kier molecular flexibility index (Phi) is 7.74. The Balaban J connectivity index is 1.12. The molecule has 1 saturated heterocycles. The molecule has 0 amide bonds. The Morgan fingerprint density at radius 3 is 2.60 bits per heavy atom. The van der Waals surface area contributed by atoms with Gasteiger partial charge in [0.2, 0.25) is 5.78 Å². The maximum atomic E-state index is 13.6. The molecule has 0 radical (unpaired) electrons. The summed E-state index contributed by atoms with van der Waals surface area (Å²) in [6, 6.07) is 7.37. The fraction of sp³-hybridized carbons (Fsp3) is 0.676. The van der Waals surface area contributed by atoms with Crippen LogP contribution in [0.5, 0.6) is 0 Å². The lowest BCUT2D eigenvalue weighted by atomic mass is 9.45. The highest BCUT2D eigenvalue weighted by molar-refractivity contribution is 5.94. The van der Waals surface area contributed by atoms with Crippen molar-refractivity contribution in [2.75, 3.05) is 39.8 Å². The monoisotopic (exact) mass is 578 g/mol. The third-order valence-electron chi connectivity index (χ3n) is 12.0. The molecule has 8 nitrogen and oxygen atoms in total. The summed E-state index contributed by atoms with van der Waals surface area (Å²) in [5.41, 5.74) is -0.104. The van der Waals surface area contributed by atoms with E-state index in [4.69, 9.17) is 4.74 Å². The number of nitrogens with zero attached hydrogens (tertiary/aromatic N) is 2. The zero-order valence-corrected chi connectivity index (χ0v) is 25.3. The van der Waals surface area contributed by atoms with Crippen LogP contribution in [0.3, 0.4) is 0 Å². The van der Waals surface area contributed by atoms with Crippen molar-refractivity contribution in [3.8, 4) is 0 Å². The normalized spacial score (nSPS) is 38.7. The predicted octanol–water partition coefficient (Wildman–Crippen LogP) is 3.39. The summed E-state index contributed by atoms with van der Waals surface area (Å²) in [7, 11) is 2.12. The van der Waals surface area contributed by atoms with Crippen LogP contribution in [0.1, 0.15) is 74.7 Å². The van der Waals surface area contributed by atoms with Gasteiger partial charge in [-0.25, -0.2) is 4.79 Å². The Morgan fingerprint density at radius 1 is 1.07 bits per heavy atom. The quantitative estimate of drug-likeness (QED) is 0.495. The van der Waals surface area contributed by atoms with Crippen LogP contribution in [0.15, 0.2) is 35.9 Å². The first-order chi connectivity index (χ1) is 19.9. The van der Waals surface area contributed by atoms with Gasteiger partial charge in [-0.1, -0.05) is 31.6 Å². The molecule has 7 atom stereocenters. The number of carbonyl (C=O) groups is 3. The fourth-order valence-electron chi connectivity index (χ4n) is 9.54. The smallest absolute Gasteiger partial charge is 0.338 e. The molecule has 0 bridgehead atoms. The number of piperazine rings is 1. The summed E-state index contributed by atoms with van der Waals surface area (Å²) < 4.78 is 5.51. The van der Waals surface area contributed by atoms with E-state index in [2.05, 4.69) is 23.8 Å². The van der Waals surface area contributed by atoms with Crippen LogP contribution in [-0.4, -0.2) is 89.1 Å². The predicted molar refractivity (Wildman–Crippen MR) is 158 cm³/mol. The van der Waals surface area contributed by atoms with Gasteiger partial charge in [-0.3, -0.25) is 14.5 Å². The number of ketones is 2. The molecule has 0 unspecified atom stereocenters. The lowest BCUT2D eigenvalue weighted by molar-refractivity contribution is -0.182. The van der Waals surface area contributed by atoms with Crippen molar-refractivity contribution in [1.29, 1.82) is 0 Å². The van der Waals surface area contributed by atoms with Crippen molar-refractivity contribution in [3.05, 3.63) is 47.0 Å². The van der Waals surface area contributed by atoms with Crippen LogP contribution < -0.4 is 0 Å². The Bertz CT molecular complexity index is 1290. The summed E-state index contributed by atoms with van der Waals surface area (Å²) in [5.74, 6) is -0.613. The molecule has 6 rings (SSSR count). The molecule has 8 heteroatoms. The van der Waals surface area contributed by atoms with E-state index in [1.165, 1.54) is 0 Å². The van der Waals surface area contributed by atoms with Crippen molar-refractivity contribution in [3.63, 3.8) is 0 Å². The summed E-state index contributed by atoms with van der Waals surface area (Å²) in [6.07, 6.45) is 5.37. The van der Waals surface area contributed by atoms with Crippen LogP contribution in [-0.2, 0) is 20.9 Å². The minimum Gasteiger partial charge on any atom is -0.454 e. The van der Waals surface area contributed by atoms with Crippen molar-refractivity contribution >= 4 is 17.5 Å². The van der Waals surface area contributed by atoms with E-state index >= 15 is 0 Å². The van der Waals surface area contributed by atoms with E-state index in [0.29, 0.717) is 31.2 Å². The molecule has 1 aromatic carbocycles. The van der Waals surface area contributed by atoms with Gasteiger partial charge >= 0.3 is 5.97 Å². The molecule has 3 saturated carbocycles. The van der Waals surface area contributed by atoms with Crippen molar-refractivity contribution in [2.45, 2.75) is 77.0 Å². The summed E-state index contributed by atoms with van der Waals surface area (Å²) in [6.45, 7) is 8.40. The minimum absolute atomic E-state index is 0.0112. The number of ether oxygens (including phenoxy) is 1. The van der Waals surface area contributed by atoms with Crippen LogP contribution in [0.2, 0.25) is 0 Å². The molecule has 228 valence electrons. The van der Waals surface area contributed by atoms with Crippen LogP contribution >= 0.6 is 0 Å². The molecule has 4 fully saturated rings. The molecule has 5 aliphatic rings. The van der Waals surface area contributed by atoms with Gasteiger partial charge in [0, 0.05) is 44.6 Å². The van der Waals surface area contributed by atoms with Crippen molar-refractivity contribution in [1.82, 2.24) is 9.80 Å². The maximum absolute atomic E-state index is 13.6. The number of hydrogen-bond acceptors (Lipinski definition) is 8. The Hall–Kier alpha value is -2.39. The standard InChI is InChI=1S/C34H46N2O6/c1-32-11-9-25(37)18-24(32)7-8-26-27-10-12-34(41,33(27,2)19-28(38)30(26)32)29(39)21-42-31(40)23-6-4-5-22(17-23)20-36-15-13-35(3)14-16-36/h4-6,17-18,26-28,30,38,41H,7-16,19-21H2,1-3H3/t26-,27-,28-,30+,32-,33-,34-/m0/s1. The first kappa shape index (κ1) is 29.7.